The van der Waals surface area contributed by atoms with E-state index in [-0.39, 0.29) is 0 Å². The van der Waals surface area contributed by atoms with Crippen LogP contribution in [0.4, 0.5) is 0 Å². The molecule has 1 saturated heterocycles. The molecule has 0 amide bonds. The van der Waals surface area contributed by atoms with Gasteiger partial charge in [-0.25, -0.2) is 8.42 Å². The average molecular weight is 299 g/mol. The lowest BCUT2D eigenvalue weighted by Crippen LogP contribution is -2.39. The largest absolute Gasteiger partial charge is 0.369 e. The molecule has 0 radical (unpaired) electrons. The molecule has 1 aromatic rings. The first-order valence-electron chi connectivity index (χ1n) is 6.19. The van der Waals surface area contributed by atoms with Gasteiger partial charge in [-0.15, -0.1) is 17.8 Å². The van der Waals surface area contributed by atoms with Gasteiger partial charge < -0.3 is 4.74 Å². The summed E-state index contributed by atoms with van der Waals surface area (Å²) < 4.78 is 31.9. The second kappa shape index (κ2) is 6.53. The zero-order chi connectivity index (χ0) is 13.7. The number of sulfonamides is 1. The number of ether oxygens (including phenoxy) is 1. The third-order valence-electron chi connectivity index (χ3n) is 3.20. The molecule has 0 spiro atoms. The molecule has 0 bridgehead atoms. The highest BCUT2D eigenvalue weighted by Gasteiger charge is 2.29. The first-order valence-corrected chi connectivity index (χ1v) is 8.51. The molecule has 1 aromatic heterocycles. The van der Waals surface area contributed by atoms with Gasteiger partial charge in [-0.05, 0) is 30.2 Å². The van der Waals surface area contributed by atoms with E-state index < -0.39 is 10.0 Å². The van der Waals surface area contributed by atoms with Crippen LogP contribution in [0.1, 0.15) is 12.8 Å². The highest BCUT2D eigenvalue weighted by atomic mass is 32.2. The Morgan fingerprint density at radius 1 is 1.47 bits per heavy atom. The predicted octanol–water partition coefficient (Wildman–Crippen LogP) is 1.80. The van der Waals surface area contributed by atoms with Crippen LogP contribution in [0.25, 0.3) is 0 Å². The number of terminal acetylenes is 1. The van der Waals surface area contributed by atoms with Crippen molar-refractivity contribution in [2.45, 2.75) is 17.1 Å². The van der Waals surface area contributed by atoms with E-state index in [2.05, 4.69) is 5.92 Å². The molecule has 0 N–H and O–H groups in total. The lowest BCUT2D eigenvalue weighted by molar-refractivity contribution is 0.101. The number of nitrogens with zero attached hydrogens (tertiary/aromatic N) is 1. The van der Waals surface area contributed by atoms with Gasteiger partial charge in [-0.2, -0.15) is 4.31 Å². The van der Waals surface area contributed by atoms with Gasteiger partial charge in [-0.1, -0.05) is 12.0 Å². The van der Waals surface area contributed by atoms with E-state index in [1.165, 1.54) is 11.3 Å². The van der Waals surface area contributed by atoms with Gasteiger partial charge in [0, 0.05) is 13.1 Å². The summed E-state index contributed by atoms with van der Waals surface area (Å²) in [5.74, 6) is 2.84. The van der Waals surface area contributed by atoms with Gasteiger partial charge in [0.05, 0.1) is 6.61 Å². The molecule has 0 aliphatic carbocycles. The molecule has 0 aromatic carbocycles. The molecule has 6 heteroatoms. The van der Waals surface area contributed by atoms with Crippen molar-refractivity contribution in [1.82, 2.24) is 4.31 Å². The summed E-state index contributed by atoms with van der Waals surface area (Å²) in [6, 6.07) is 3.42. The van der Waals surface area contributed by atoms with E-state index in [1.54, 1.807) is 21.8 Å². The highest BCUT2D eigenvalue weighted by Crippen LogP contribution is 2.26. The molecular weight excluding hydrogens is 282 g/mol. The minimum Gasteiger partial charge on any atom is -0.369 e. The second-order valence-corrected chi connectivity index (χ2v) is 7.61. The van der Waals surface area contributed by atoms with Crippen molar-refractivity contribution in [3.63, 3.8) is 0 Å². The molecule has 4 nitrogen and oxygen atoms in total. The molecule has 1 fully saturated rings. The molecular formula is C13H17NO3S2. The first kappa shape index (κ1) is 14.5. The van der Waals surface area contributed by atoms with Crippen LogP contribution in [-0.2, 0) is 14.8 Å². The summed E-state index contributed by atoms with van der Waals surface area (Å²) in [6.07, 6.45) is 6.77. The Balaban J connectivity index is 1.88. The van der Waals surface area contributed by atoms with E-state index in [1.807, 2.05) is 0 Å². The van der Waals surface area contributed by atoms with Crippen LogP contribution in [-0.4, -0.2) is 39.0 Å². The maximum absolute atomic E-state index is 12.3. The van der Waals surface area contributed by atoms with Crippen molar-refractivity contribution >= 4 is 21.4 Å². The van der Waals surface area contributed by atoms with E-state index >= 15 is 0 Å². The predicted molar refractivity (Wildman–Crippen MR) is 75.5 cm³/mol. The molecule has 104 valence electrons. The smallest absolute Gasteiger partial charge is 0.252 e. The quantitative estimate of drug-likeness (QED) is 0.615. The number of hydrogen-bond acceptors (Lipinski definition) is 4. The summed E-state index contributed by atoms with van der Waals surface area (Å²) in [6.45, 7) is 2.07. The minimum atomic E-state index is -3.29. The Morgan fingerprint density at radius 3 is 2.79 bits per heavy atom. The normalized spacial score (nSPS) is 18.3. The van der Waals surface area contributed by atoms with Crippen LogP contribution in [0.2, 0.25) is 0 Å². The van der Waals surface area contributed by atoms with Crippen molar-refractivity contribution in [3.8, 4) is 12.3 Å². The Labute approximate surface area is 118 Å². The number of thiophene rings is 1. The lowest BCUT2D eigenvalue weighted by Gasteiger charge is -2.30. The molecule has 19 heavy (non-hydrogen) atoms. The van der Waals surface area contributed by atoms with Crippen molar-refractivity contribution in [3.05, 3.63) is 17.5 Å². The van der Waals surface area contributed by atoms with E-state index in [0.29, 0.717) is 36.4 Å². The Morgan fingerprint density at radius 2 is 2.21 bits per heavy atom. The zero-order valence-electron chi connectivity index (χ0n) is 10.6. The van der Waals surface area contributed by atoms with Crippen molar-refractivity contribution in [2.75, 3.05) is 26.3 Å². The summed E-state index contributed by atoms with van der Waals surface area (Å²) >= 11 is 1.26. The Kier molecular flexibility index (Phi) is 4.99. The Hall–Kier alpha value is -0.870. The van der Waals surface area contributed by atoms with E-state index in [0.717, 1.165) is 12.8 Å². The van der Waals surface area contributed by atoms with Crippen molar-refractivity contribution < 1.29 is 13.2 Å². The van der Waals surface area contributed by atoms with Crippen molar-refractivity contribution in [2.24, 2.45) is 5.92 Å². The lowest BCUT2D eigenvalue weighted by atomic mass is 9.99. The third-order valence-corrected chi connectivity index (χ3v) is 6.47. The maximum Gasteiger partial charge on any atom is 0.252 e. The standard InChI is InChI=1S/C13H17NO3S2/c1-2-9-17-11-12-5-7-14(8-6-12)19(15,16)13-4-3-10-18-13/h1,3-4,10,12H,5-9,11H2. The van der Waals surface area contributed by atoms with Crippen LogP contribution in [0.15, 0.2) is 21.7 Å². The summed E-state index contributed by atoms with van der Waals surface area (Å²) in [5.41, 5.74) is 0. The third kappa shape index (κ3) is 3.57. The number of rotatable bonds is 5. The van der Waals surface area contributed by atoms with Crippen LogP contribution in [0.3, 0.4) is 0 Å². The van der Waals surface area contributed by atoms with E-state index in [9.17, 15) is 8.42 Å². The van der Waals surface area contributed by atoms with Gasteiger partial charge >= 0.3 is 0 Å². The topological polar surface area (TPSA) is 46.6 Å². The minimum absolute atomic E-state index is 0.327. The van der Waals surface area contributed by atoms with Gasteiger partial charge in [0.25, 0.3) is 10.0 Å². The van der Waals surface area contributed by atoms with Crippen LogP contribution < -0.4 is 0 Å². The fourth-order valence-electron chi connectivity index (χ4n) is 2.14. The highest BCUT2D eigenvalue weighted by molar-refractivity contribution is 7.91. The maximum atomic E-state index is 12.3. The van der Waals surface area contributed by atoms with Gasteiger partial charge in [0.2, 0.25) is 0 Å². The average Bonchev–Trinajstić information content (AvgIpc) is 2.94. The molecule has 1 aliphatic heterocycles. The number of piperidine rings is 1. The van der Waals surface area contributed by atoms with Crippen LogP contribution >= 0.6 is 11.3 Å². The van der Waals surface area contributed by atoms with Crippen molar-refractivity contribution in [1.29, 1.82) is 0 Å². The molecule has 0 atom stereocenters. The molecule has 1 aliphatic rings. The van der Waals surface area contributed by atoms with Gasteiger partial charge in [-0.3, -0.25) is 0 Å². The Bertz CT molecular complexity index is 523. The van der Waals surface area contributed by atoms with Gasteiger partial charge in [0.1, 0.15) is 10.8 Å². The monoisotopic (exact) mass is 299 g/mol. The first-order chi connectivity index (χ1) is 9.14. The molecule has 2 heterocycles. The van der Waals surface area contributed by atoms with E-state index in [4.69, 9.17) is 11.2 Å². The molecule has 0 saturated carbocycles. The zero-order valence-corrected chi connectivity index (χ0v) is 12.3. The summed E-state index contributed by atoms with van der Waals surface area (Å²) in [5, 5.41) is 1.79. The van der Waals surface area contributed by atoms with Crippen LogP contribution in [0.5, 0.6) is 0 Å². The number of hydrogen-bond donors (Lipinski definition) is 0. The summed E-state index contributed by atoms with van der Waals surface area (Å²) in [7, 11) is -3.29. The second-order valence-electron chi connectivity index (χ2n) is 4.50. The van der Waals surface area contributed by atoms with Gasteiger partial charge in [0.15, 0.2) is 0 Å². The molecule has 0 unspecified atom stereocenters. The fraction of sp³-hybridized carbons (Fsp3) is 0.538. The fourth-order valence-corrected chi connectivity index (χ4v) is 4.75. The van der Waals surface area contributed by atoms with Crippen LogP contribution in [0, 0.1) is 18.3 Å². The SMILES string of the molecule is C#CCOCC1CCN(S(=O)(=O)c2cccs2)CC1. The summed E-state index contributed by atoms with van der Waals surface area (Å²) in [4.78, 5) is 0. The molecule has 2 rings (SSSR count).